The van der Waals surface area contributed by atoms with E-state index >= 15 is 0 Å². The fourth-order valence-electron chi connectivity index (χ4n) is 2.01. The molecule has 1 aromatic carbocycles. The summed E-state index contributed by atoms with van der Waals surface area (Å²) in [5, 5.41) is 5.63. The maximum Gasteiger partial charge on any atom is 0.251 e. The van der Waals surface area contributed by atoms with Gasteiger partial charge in [-0.3, -0.25) is 9.59 Å². The van der Waals surface area contributed by atoms with Crippen LogP contribution in [0.3, 0.4) is 0 Å². The highest BCUT2D eigenvalue weighted by molar-refractivity contribution is 5.94. The second kappa shape index (κ2) is 9.00. The monoisotopic (exact) mass is 292 g/mol. The van der Waals surface area contributed by atoms with Gasteiger partial charge in [-0.1, -0.05) is 19.4 Å². The third kappa shape index (κ3) is 6.29. The third-order valence-electron chi connectivity index (χ3n) is 3.10. The first kappa shape index (κ1) is 17.0. The molecule has 0 spiro atoms. The molecule has 1 aromatic rings. The zero-order valence-electron chi connectivity index (χ0n) is 12.9. The molecule has 0 aliphatic heterocycles. The maximum atomic E-state index is 11.9. The van der Waals surface area contributed by atoms with Crippen LogP contribution in [0.2, 0.25) is 0 Å². The number of benzene rings is 1. The largest absolute Gasteiger partial charge is 0.497 e. The molecule has 21 heavy (non-hydrogen) atoms. The van der Waals surface area contributed by atoms with Crippen molar-refractivity contribution in [2.75, 3.05) is 13.7 Å². The number of ether oxygens (including phenoxy) is 1. The molecule has 1 rings (SSSR count). The molecule has 0 bridgehead atoms. The van der Waals surface area contributed by atoms with Crippen molar-refractivity contribution in [1.29, 1.82) is 0 Å². The van der Waals surface area contributed by atoms with Crippen LogP contribution in [-0.2, 0) is 4.79 Å². The predicted molar refractivity (Wildman–Crippen MR) is 82.5 cm³/mol. The van der Waals surface area contributed by atoms with Gasteiger partial charge in [-0.05, 0) is 31.5 Å². The minimum absolute atomic E-state index is 0.0399. The van der Waals surface area contributed by atoms with Gasteiger partial charge in [-0.25, -0.2) is 0 Å². The molecule has 0 fully saturated rings. The van der Waals surface area contributed by atoms with Crippen molar-refractivity contribution in [2.45, 2.75) is 39.2 Å². The second-order valence-electron chi connectivity index (χ2n) is 5.00. The summed E-state index contributed by atoms with van der Waals surface area (Å²) in [4.78, 5) is 23.6. The molecule has 0 aliphatic rings. The van der Waals surface area contributed by atoms with Crippen LogP contribution in [0.15, 0.2) is 24.3 Å². The molecule has 5 heteroatoms. The summed E-state index contributed by atoms with van der Waals surface area (Å²) >= 11 is 0. The quantitative estimate of drug-likeness (QED) is 0.771. The molecule has 116 valence electrons. The highest BCUT2D eigenvalue weighted by Crippen LogP contribution is 2.12. The minimum atomic E-state index is -0.205. The number of carbonyl (C=O) groups excluding carboxylic acids is 2. The summed E-state index contributed by atoms with van der Waals surface area (Å²) < 4.78 is 5.07. The first-order valence-corrected chi connectivity index (χ1v) is 7.28. The van der Waals surface area contributed by atoms with E-state index in [1.165, 1.54) is 0 Å². The normalized spacial score (nSPS) is 11.6. The van der Waals surface area contributed by atoms with E-state index in [-0.39, 0.29) is 24.3 Å². The van der Waals surface area contributed by atoms with Crippen LogP contribution in [0.5, 0.6) is 5.75 Å². The van der Waals surface area contributed by atoms with E-state index in [0.717, 1.165) is 12.8 Å². The van der Waals surface area contributed by atoms with Gasteiger partial charge in [0.25, 0.3) is 5.91 Å². The van der Waals surface area contributed by atoms with Crippen LogP contribution in [0.25, 0.3) is 0 Å². The van der Waals surface area contributed by atoms with Crippen LogP contribution < -0.4 is 15.4 Å². The van der Waals surface area contributed by atoms with E-state index in [2.05, 4.69) is 17.6 Å². The standard InChI is InChI=1S/C16H24N2O3/c1-4-6-12(2)18-15(19)9-10-17-16(20)13-7-5-8-14(11-13)21-3/h5,7-8,11-12H,4,6,9-10H2,1-3H3,(H,17,20)(H,18,19). The number of rotatable bonds is 8. The van der Waals surface area contributed by atoms with Gasteiger partial charge in [-0.2, -0.15) is 0 Å². The van der Waals surface area contributed by atoms with Gasteiger partial charge in [0.2, 0.25) is 5.91 Å². The Balaban J connectivity index is 2.34. The van der Waals surface area contributed by atoms with Gasteiger partial charge in [0.05, 0.1) is 7.11 Å². The molecule has 5 nitrogen and oxygen atoms in total. The van der Waals surface area contributed by atoms with Crippen LogP contribution >= 0.6 is 0 Å². The van der Waals surface area contributed by atoms with Crippen molar-refractivity contribution in [2.24, 2.45) is 0 Å². The van der Waals surface area contributed by atoms with E-state index in [1.807, 2.05) is 6.92 Å². The Kier molecular flexibility index (Phi) is 7.29. The predicted octanol–water partition coefficient (Wildman–Crippen LogP) is 2.12. The zero-order valence-corrected chi connectivity index (χ0v) is 12.9. The molecule has 0 saturated heterocycles. The van der Waals surface area contributed by atoms with Crippen LogP contribution in [-0.4, -0.2) is 31.5 Å². The van der Waals surface area contributed by atoms with Crippen LogP contribution in [0.1, 0.15) is 43.5 Å². The number of hydrogen-bond acceptors (Lipinski definition) is 3. The molecule has 0 saturated carbocycles. The van der Waals surface area contributed by atoms with Crippen LogP contribution in [0.4, 0.5) is 0 Å². The molecule has 0 radical (unpaired) electrons. The number of nitrogens with one attached hydrogen (secondary N) is 2. The molecule has 0 aliphatic carbocycles. The fourth-order valence-corrected chi connectivity index (χ4v) is 2.01. The smallest absolute Gasteiger partial charge is 0.251 e. The topological polar surface area (TPSA) is 67.4 Å². The summed E-state index contributed by atoms with van der Waals surface area (Å²) in [7, 11) is 1.55. The van der Waals surface area contributed by atoms with E-state index in [1.54, 1.807) is 31.4 Å². The lowest BCUT2D eigenvalue weighted by Crippen LogP contribution is -2.35. The number of carbonyl (C=O) groups is 2. The average molecular weight is 292 g/mol. The zero-order chi connectivity index (χ0) is 15.7. The van der Waals surface area contributed by atoms with E-state index in [9.17, 15) is 9.59 Å². The van der Waals surface area contributed by atoms with E-state index < -0.39 is 0 Å². The van der Waals surface area contributed by atoms with Gasteiger partial charge in [0.1, 0.15) is 5.75 Å². The van der Waals surface area contributed by atoms with E-state index in [0.29, 0.717) is 17.9 Å². The molecule has 0 aromatic heterocycles. The van der Waals surface area contributed by atoms with Gasteiger partial charge in [0, 0.05) is 24.6 Å². The highest BCUT2D eigenvalue weighted by Gasteiger charge is 2.09. The Morgan fingerprint density at radius 2 is 2.10 bits per heavy atom. The van der Waals surface area contributed by atoms with Gasteiger partial charge in [-0.15, -0.1) is 0 Å². The second-order valence-corrected chi connectivity index (χ2v) is 5.00. The average Bonchev–Trinajstić information content (AvgIpc) is 2.47. The molecular formula is C16H24N2O3. The van der Waals surface area contributed by atoms with Gasteiger partial charge in [0.15, 0.2) is 0 Å². The Labute approximate surface area is 126 Å². The van der Waals surface area contributed by atoms with Crippen molar-refractivity contribution >= 4 is 11.8 Å². The molecule has 1 unspecified atom stereocenters. The Hall–Kier alpha value is -2.04. The lowest BCUT2D eigenvalue weighted by atomic mass is 10.2. The van der Waals surface area contributed by atoms with Gasteiger partial charge >= 0.3 is 0 Å². The summed E-state index contributed by atoms with van der Waals surface area (Å²) in [5.74, 6) is 0.388. The lowest BCUT2D eigenvalue weighted by molar-refractivity contribution is -0.121. The van der Waals surface area contributed by atoms with Crippen molar-refractivity contribution in [3.8, 4) is 5.75 Å². The summed E-state index contributed by atoms with van der Waals surface area (Å²) in [6.07, 6.45) is 2.28. The Morgan fingerprint density at radius 3 is 2.76 bits per heavy atom. The summed E-state index contributed by atoms with van der Waals surface area (Å²) in [6.45, 7) is 4.38. The fraction of sp³-hybridized carbons (Fsp3) is 0.500. The molecule has 0 heterocycles. The molecular weight excluding hydrogens is 268 g/mol. The Bertz CT molecular complexity index is 474. The van der Waals surface area contributed by atoms with E-state index in [4.69, 9.17) is 4.74 Å². The number of hydrogen-bond donors (Lipinski definition) is 2. The van der Waals surface area contributed by atoms with Gasteiger partial charge < -0.3 is 15.4 Å². The molecule has 2 N–H and O–H groups in total. The first-order valence-electron chi connectivity index (χ1n) is 7.28. The van der Waals surface area contributed by atoms with Crippen molar-refractivity contribution in [3.63, 3.8) is 0 Å². The summed E-state index contributed by atoms with van der Waals surface area (Å²) in [5.41, 5.74) is 0.522. The minimum Gasteiger partial charge on any atom is -0.497 e. The first-order chi connectivity index (χ1) is 10.1. The number of methoxy groups -OCH3 is 1. The van der Waals surface area contributed by atoms with Crippen molar-refractivity contribution in [3.05, 3.63) is 29.8 Å². The third-order valence-corrected chi connectivity index (χ3v) is 3.10. The molecule has 1 atom stereocenters. The number of amides is 2. The Morgan fingerprint density at radius 1 is 1.33 bits per heavy atom. The maximum absolute atomic E-state index is 11.9. The lowest BCUT2D eigenvalue weighted by Gasteiger charge is -2.13. The SMILES string of the molecule is CCCC(C)NC(=O)CCNC(=O)c1cccc(OC)c1. The van der Waals surface area contributed by atoms with Crippen LogP contribution in [0, 0.1) is 0 Å². The molecule has 2 amide bonds. The van der Waals surface area contributed by atoms with Crippen molar-refractivity contribution < 1.29 is 14.3 Å². The summed E-state index contributed by atoms with van der Waals surface area (Å²) in [6, 6.07) is 7.09. The highest BCUT2D eigenvalue weighted by atomic mass is 16.5. The van der Waals surface area contributed by atoms with Crippen molar-refractivity contribution in [1.82, 2.24) is 10.6 Å².